The first-order chi connectivity index (χ1) is 9.51. The highest BCUT2D eigenvalue weighted by Gasteiger charge is 2.15. The molecule has 0 aromatic heterocycles. The summed E-state index contributed by atoms with van der Waals surface area (Å²) in [6.07, 6.45) is 0.386. The Balaban J connectivity index is 2.23. The third-order valence-electron chi connectivity index (χ3n) is 2.93. The SMILES string of the molecule is COc1cc(Br)ccc1C(Cl)Cc1ccc(F)c(F)c1. The van der Waals surface area contributed by atoms with E-state index in [0.717, 1.165) is 22.2 Å². The fraction of sp³-hybridized carbons (Fsp3) is 0.200. The average molecular weight is 362 g/mol. The lowest BCUT2D eigenvalue weighted by atomic mass is 10.0. The maximum absolute atomic E-state index is 13.2. The van der Waals surface area contributed by atoms with Gasteiger partial charge in [-0.2, -0.15) is 0 Å². The van der Waals surface area contributed by atoms with Crippen molar-refractivity contribution >= 4 is 27.5 Å². The van der Waals surface area contributed by atoms with Gasteiger partial charge in [0.1, 0.15) is 5.75 Å². The van der Waals surface area contributed by atoms with Crippen molar-refractivity contribution in [2.24, 2.45) is 0 Å². The molecule has 0 heterocycles. The number of halogens is 4. The van der Waals surface area contributed by atoms with Crippen LogP contribution in [0.5, 0.6) is 5.75 Å². The van der Waals surface area contributed by atoms with Gasteiger partial charge in [0, 0.05) is 10.0 Å². The van der Waals surface area contributed by atoms with E-state index in [2.05, 4.69) is 15.9 Å². The van der Waals surface area contributed by atoms with Crippen LogP contribution in [0.25, 0.3) is 0 Å². The van der Waals surface area contributed by atoms with Gasteiger partial charge < -0.3 is 4.74 Å². The Kier molecular flexibility index (Phi) is 5.00. The van der Waals surface area contributed by atoms with Gasteiger partial charge in [-0.05, 0) is 36.2 Å². The number of benzene rings is 2. The molecule has 0 fully saturated rings. The molecule has 0 aliphatic rings. The summed E-state index contributed by atoms with van der Waals surface area (Å²) in [5.74, 6) is -1.07. The van der Waals surface area contributed by atoms with Crippen molar-refractivity contribution < 1.29 is 13.5 Å². The molecule has 106 valence electrons. The summed E-state index contributed by atoms with van der Waals surface area (Å²) in [6.45, 7) is 0. The second kappa shape index (κ2) is 6.55. The summed E-state index contributed by atoms with van der Waals surface area (Å²) in [7, 11) is 1.56. The molecule has 0 amide bonds. The van der Waals surface area contributed by atoms with Gasteiger partial charge in [-0.1, -0.05) is 28.1 Å². The summed E-state index contributed by atoms with van der Waals surface area (Å²) >= 11 is 9.71. The lowest BCUT2D eigenvalue weighted by molar-refractivity contribution is 0.408. The summed E-state index contributed by atoms with van der Waals surface area (Å²) < 4.78 is 32.2. The molecule has 0 saturated carbocycles. The van der Waals surface area contributed by atoms with E-state index in [4.69, 9.17) is 16.3 Å². The molecule has 0 aliphatic carbocycles. The normalized spacial score (nSPS) is 12.2. The highest BCUT2D eigenvalue weighted by molar-refractivity contribution is 9.10. The molecule has 2 aromatic carbocycles. The molecule has 2 rings (SSSR count). The smallest absolute Gasteiger partial charge is 0.159 e. The van der Waals surface area contributed by atoms with E-state index >= 15 is 0 Å². The number of ether oxygens (including phenoxy) is 1. The van der Waals surface area contributed by atoms with E-state index in [1.165, 1.54) is 6.07 Å². The van der Waals surface area contributed by atoms with Crippen LogP contribution in [0, 0.1) is 11.6 Å². The van der Waals surface area contributed by atoms with E-state index in [9.17, 15) is 8.78 Å². The van der Waals surface area contributed by atoms with Crippen LogP contribution in [0.3, 0.4) is 0 Å². The first-order valence-electron chi connectivity index (χ1n) is 5.92. The Morgan fingerprint density at radius 3 is 2.55 bits per heavy atom. The zero-order chi connectivity index (χ0) is 14.7. The fourth-order valence-corrected chi connectivity index (χ4v) is 2.63. The zero-order valence-corrected chi connectivity index (χ0v) is 13.0. The summed E-state index contributed by atoms with van der Waals surface area (Å²) in [6, 6.07) is 9.32. The van der Waals surface area contributed by atoms with E-state index < -0.39 is 11.6 Å². The molecular weight excluding hydrogens is 350 g/mol. The summed E-state index contributed by atoms with van der Waals surface area (Å²) in [4.78, 5) is 0. The van der Waals surface area contributed by atoms with E-state index in [1.54, 1.807) is 7.11 Å². The van der Waals surface area contributed by atoms with Gasteiger partial charge >= 0.3 is 0 Å². The monoisotopic (exact) mass is 360 g/mol. The topological polar surface area (TPSA) is 9.23 Å². The van der Waals surface area contributed by atoms with Crippen molar-refractivity contribution in [2.75, 3.05) is 7.11 Å². The Hall–Kier alpha value is -1.13. The zero-order valence-electron chi connectivity index (χ0n) is 10.7. The lowest BCUT2D eigenvalue weighted by Gasteiger charge is -2.14. The molecular formula is C15H12BrClF2O. The highest BCUT2D eigenvalue weighted by Crippen LogP contribution is 2.34. The van der Waals surface area contributed by atoms with Crippen LogP contribution in [0.1, 0.15) is 16.5 Å². The van der Waals surface area contributed by atoms with Crippen molar-refractivity contribution in [3.8, 4) is 5.75 Å². The van der Waals surface area contributed by atoms with E-state index in [1.807, 2.05) is 18.2 Å². The van der Waals surface area contributed by atoms with Crippen LogP contribution in [-0.4, -0.2) is 7.11 Å². The van der Waals surface area contributed by atoms with Crippen molar-refractivity contribution in [2.45, 2.75) is 11.8 Å². The van der Waals surface area contributed by atoms with Gasteiger partial charge in [0.25, 0.3) is 0 Å². The van der Waals surface area contributed by atoms with Crippen LogP contribution in [0.4, 0.5) is 8.78 Å². The molecule has 0 bridgehead atoms. The van der Waals surface area contributed by atoms with E-state index in [-0.39, 0.29) is 5.38 Å². The minimum absolute atomic E-state index is 0.386. The average Bonchev–Trinajstić information content (AvgIpc) is 2.42. The van der Waals surface area contributed by atoms with Crippen LogP contribution in [0.15, 0.2) is 40.9 Å². The first-order valence-corrected chi connectivity index (χ1v) is 7.15. The molecule has 0 spiro atoms. The Bertz CT molecular complexity index is 619. The van der Waals surface area contributed by atoms with Crippen molar-refractivity contribution in [3.05, 3.63) is 63.6 Å². The van der Waals surface area contributed by atoms with Crippen LogP contribution < -0.4 is 4.74 Å². The Morgan fingerprint density at radius 2 is 1.90 bits per heavy atom. The second-order valence-corrected chi connectivity index (χ2v) is 5.75. The number of hydrogen-bond acceptors (Lipinski definition) is 1. The molecule has 0 radical (unpaired) electrons. The largest absolute Gasteiger partial charge is 0.496 e. The molecule has 0 aliphatic heterocycles. The van der Waals surface area contributed by atoms with Crippen LogP contribution in [0.2, 0.25) is 0 Å². The van der Waals surface area contributed by atoms with Gasteiger partial charge in [-0.15, -0.1) is 11.6 Å². The van der Waals surface area contributed by atoms with Gasteiger partial charge in [0.15, 0.2) is 11.6 Å². The molecule has 0 N–H and O–H groups in total. The van der Waals surface area contributed by atoms with Gasteiger partial charge in [0.05, 0.1) is 12.5 Å². The molecule has 2 aromatic rings. The second-order valence-electron chi connectivity index (χ2n) is 4.31. The van der Waals surface area contributed by atoms with Gasteiger partial charge in [-0.25, -0.2) is 8.78 Å². The van der Waals surface area contributed by atoms with Gasteiger partial charge in [-0.3, -0.25) is 0 Å². The molecule has 5 heteroatoms. The Labute approximate surface area is 129 Å². The number of rotatable bonds is 4. The predicted octanol–water partition coefficient (Wildman–Crippen LogP) is 5.26. The molecule has 1 nitrogen and oxygen atoms in total. The van der Waals surface area contributed by atoms with Crippen molar-refractivity contribution in [3.63, 3.8) is 0 Å². The minimum atomic E-state index is -0.867. The van der Waals surface area contributed by atoms with Gasteiger partial charge in [0.2, 0.25) is 0 Å². The minimum Gasteiger partial charge on any atom is -0.496 e. The predicted molar refractivity (Wildman–Crippen MR) is 79.4 cm³/mol. The quantitative estimate of drug-likeness (QED) is 0.675. The maximum atomic E-state index is 13.2. The summed E-state index contributed by atoms with van der Waals surface area (Å²) in [5, 5.41) is -0.386. The van der Waals surface area contributed by atoms with Crippen LogP contribution >= 0.6 is 27.5 Å². The molecule has 1 atom stereocenters. The lowest BCUT2D eigenvalue weighted by Crippen LogP contribution is -2.00. The highest BCUT2D eigenvalue weighted by atomic mass is 79.9. The summed E-state index contributed by atoms with van der Waals surface area (Å²) in [5.41, 5.74) is 1.44. The molecule has 1 unspecified atom stereocenters. The molecule has 20 heavy (non-hydrogen) atoms. The number of hydrogen-bond donors (Lipinski definition) is 0. The number of alkyl halides is 1. The third kappa shape index (κ3) is 3.49. The fourth-order valence-electron chi connectivity index (χ4n) is 1.93. The number of methoxy groups -OCH3 is 1. The van der Waals surface area contributed by atoms with E-state index in [0.29, 0.717) is 17.7 Å². The first kappa shape index (κ1) is 15.3. The van der Waals surface area contributed by atoms with Crippen LogP contribution in [-0.2, 0) is 6.42 Å². The standard InChI is InChI=1S/C15H12BrClF2O/c1-20-15-8-10(16)3-4-11(15)12(17)6-9-2-5-13(18)14(19)7-9/h2-5,7-8,12H,6H2,1H3. The van der Waals surface area contributed by atoms with Crippen molar-refractivity contribution in [1.29, 1.82) is 0 Å². The van der Waals surface area contributed by atoms with Crippen molar-refractivity contribution in [1.82, 2.24) is 0 Å². The molecule has 0 saturated heterocycles. The third-order valence-corrected chi connectivity index (χ3v) is 3.81. The maximum Gasteiger partial charge on any atom is 0.159 e. The Morgan fingerprint density at radius 1 is 1.15 bits per heavy atom.